The Morgan fingerprint density at radius 3 is 2.80 bits per heavy atom. The van der Waals surface area contributed by atoms with Crippen molar-refractivity contribution >= 4 is 5.91 Å². The molecule has 0 spiro atoms. The van der Waals surface area contributed by atoms with E-state index in [1.165, 1.54) is 25.7 Å². The summed E-state index contributed by atoms with van der Waals surface area (Å²) < 4.78 is 5.31. The van der Waals surface area contributed by atoms with Crippen LogP contribution in [-0.4, -0.2) is 19.6 Å². The predicted molar refractivity (Wildman–Crippen MR) is 80.9 cm³/mol. The second-order valence-electron chi connectivity index (χ2n) is 5.60. The summed E-state index contributed by atoms with van der Waals surface area (Å²) >= 11 is 0. The van der Waals surface area contributed by atoms with Crippen LogP contribution in [0, 0.1) is 5.92 Å². The molecule has 0 unspecified atom stereocenters. The summed E-state index contributed by atoms with van der Waals surface area (Å²) in [4.78, 5) is 11.8. The molecule has 3 nitrogen and oxygen atoms in total. The summed E-state index contributed by atoms with van der Waals surface area (Å²) in [6, 6.07) is 7.96. The average molecular weight is 275 g/mol. The fourth-order valence-electron chi connectivity index (χ4n) is 2.97. The van der Waals surface area contributed by atoms with Gasteiger partial charge in [0.05, 0.1) is 7.11 Å². The highest BCUT2D eigenvalue weighted by Crippen LogP contribution is 2.28. The Kier molecular flexibility index (Phi) is 5.90. The maximum absolute atomic E-state index is 11.8. The number of ether oxygens (including phenoxy) is 1. The third-order valence-corrected chi connectivity index (χ3v) is 4.16. The van der Waals surface area contributed by atoms with Crippen LogP contribution in [0.4, 0.5) is 0 Å². The Balaban J connectivity index is 1.65. The van der Waals surface area contributed by atoms with E-state index in [2.05, 4.69) is 5.32 Å². The normalized spacial score (nSPS) is 15.2. The molecule has 0 heterocycles. The number of rotatable bonds is 7. The molecule has 0 saturated heterocycles. The third-order valence-electron chi connectivity index (χ3n) is 4.16. The highest BCUT2D eigenvalue weighted by molar-refractivity contribution is 5.75. The van der Waals surface area contributed by atoms with Crippen LogP contribution in [0.25, 0.3) is 0 Å². The van der Waals surface area contributed by atoms with Crippen molar-refractivity contribution in [2.45, 2.75) is 44.9 Å². The molecule has 2 rings (SSSR count). The Morgan fingerprint density at radius 2 is 2.05 bits per heavy atom. The molecular formula is C17H25NO2. The molecule has 1 aromatic rings. The van der Waals surface area contributed by atoms with E-state index in [9.17, 15) is 4.79 Å². The number of hydrogen-bond donors (Lipinski definition) is 1. The Hall–Kier alpha value is -1.51. The van der Waals surface area contributed by atoms with Crippen molar-refractivity contribution in [3.05, 3.63) is 29.8 Å². The number of nitrogens with one attached hydrogen (secondary N) is 1. The molecule has 3 heteroatoms. The minimum atomic E-state index is 0.187. The van der Waals surface area contributed by atoms with E-state index in [-0.39, 0.29) is 5.91 Å². The van der Waals surface area contributed by atoms with Crippen LogP contribution in [0.15, 0.2) is 24.3 Å². The highest BCUT2D eigenvalue weighted by Gasteiger charge is 2.15. The van der Waals surface area contributed by atoms with Gasteiger partial charge in [-0.25, -0.2) is 0 Å². The van der Waals surface area contributed by atoms with Gasteiger partial charge in [-0.15, -0.1) is 0 Å². The number of methoxy groups -OCH3 is 1. The molecule has 1 aliphatic rings. The molecule has 0 atom stereocenters. The van der Waals surface area contributed by atoms with Crippen molar-refractivity contribution in [1.82, 2.24) is 5.32 Å². The lowest BCUT2D eigenvalue weighted by molar-refractivity contribution is -0.121. The molecule has 1 saturated carbocycles. The van der Waals surface area contributed by atoms with E-state index < -0.39 is 0 Å². The number of amides is 1. The van der Waals surface area contributed by atoms with Gasteiger partial charge in [0.15, 0.2) is 0 Å². The summed E-state index contributed by atoms with van der Waals surface area (Å²) in [5, 5.41) is 3.01. The van der Waals surface area contributed by atoms with Crippen LogP contribution >= 0.6 is 0 Å². The van der Waals surface area contributed by atoms with Gasteiger partial charge in [-0.3, -0.25) is 4.79 Å². The molecule has 1 aromatic carbocycles. The highest BCUT2D eigenvalue weighted by atomic mass is 16.5. The zero-order valence-corrected chi connectivity index (χ0v) is 12.4. The first-order valence-electron chi connectivity index (χ1n) is 7.68. The summed E-state index contributed by atoms with van der Waals surface area (Å²) in [6.07, 6.45) is 7.87. The SMILES string of the molecule is COc1ccccc1CCNC(=O)CCC1CCCC1. The monoisotopic (exact) mass is 275 g/mol. The zero-order valence-electron chi connectivity index (χ0n) is 12.4. The van der Waals surface area contributed by atoms with Gasteiger partial charge in [-0.1, -0.05) is 43.9 Å². The Labute approximate surface area is 121 Å². The quantitative estimate of drug-likeness (QED) is 0.829. The molecule has 0 bridgehead atoms. The smallest absolute Gasteiger partial charge is 0.220 e. The standard InChI is InChI=1S/C17H25NO2/c1-20-16-9-5-4-8-15(16)12-13-18-17(19)11-10-14-6-2-3-7-14/h4-5,8-9,14H,2-3,6-7,10-13H2,1H3,(H,18,19). The average Bonchev–Trinajstić information content (AvgIpc) is 2.99. The van der Waals surface area contributed by atoms with E-state index in [1.807, 2.05) is 24.3 Å². The summed E-state index contributed by atoms with van der Waals surface area (Å²) in [5.41, 5.74) is 1.14. The first-order chi connectivity index (χ1) is 9.79. The van der Waals surface area contributed by atoms with Crippen molar-refractivity contribution in [3.8, 4) is 5.75 Å². The predicted octanol–water partition coefficient (Wildman–Crippen LogP) is 3.32. The molecule has 0 aromatic heterocycles. The van der Waals surface area contributed by atoms with Crippen molar-refractivity contribution in [3.63, 3.8) is 0 Å². The summed E-state index contributed by atoms with van der Waals surface area (Å²) in [5.74, 6) is 1.87. The van der Waals surface area contributed by atoms with E-state index >= 15 is 0 Å². The molecule has 20 heavy (non-hydrogen) atoms. The lowest BCUT2D eigenvalue weighted by Crippen LogP contribution is -2.25. The number of para-hydroxylation sites is 1. The van der Waals surface area contributed by atoms with Gasteiger partial charge in [-0.05, 0) is 30.4 Å². The van der Waals surface area contributed by atoms with Gasteiger partial charge in [0.2, 0.25) is 5.91 Å². The van der Waals surface area contributed by atoms with E-state index in [4.69, 9.17) is 4.74 Å². The number of carbonyl (C=O) groups excluding carboxylic acids is 1. The van der Waals surface area contributed by atoms with E-state index in [0.29, 0.717) is 13.0 Å². The largest absolute Gasteiger partial charge is 0.496 e. The molecule has 1 N–H and O–H groups in total. The molecule has 0 radical (unpaired) electrons. The van der Waals surface area contributed by atoms with Crippen molar-refractivity contribution < 1.29 is 9.53 Å². The van der Waals surface area contributed by atoms with Gasteiger partial charge in [0.1, 0.15) is 5.75 Å². The summed E-state index contributed by atoms with van der Waals surface area (Å²) in [6.45, 7) is 0.684. The first-order valence-corrected chi connectivity index (χ1v) is 7.68. The van der Waals surface area contributed by atoms with Gasteiger partial charge in [-0.2, -0.15) is 0 Å². The van der Waals surface area contributed by atoms with Gasteiger partial charge in [0, 0.05) is 13.0 Å². The molecule has 110 valence electrons. The Morgan fingerprint density at radius 1 is 1.30 bits per heavy atom. The fourth-order valence-corrected chi connectivity index (χ4v) is 2.97. The van der Waals surface area contributed by atoms with Gasteiger partial charge in [0.25, 0.3) is 0 Å². The van der Waals surface area contributed by atoms with Crippen LogP contribution < -0.4 is 10.1 Å². The number of hydrogen-bond acceptors (Lipinski definition) is 2. The Bertz CT molecular complexity index is 425. The lowest BCUT2D eigenvalue weighted by Gasteiger charge is -2.10. The van der Waals surface area contributed by atoms with E-state index in [1.54, 1.807) is 7.11 Å². The van der Waals surface area contributed by atoms with Crippen molar-refractivity contribution in [1.29, 1.82) is 0 Å². The molecular weight excluding hydrogens is 250 g/mol. The van der Waals surface area contributed by atoms with Gasteiger partial charge >= 0.3 is 0 Å². The number of benzene rings is 1. The minimum Gasteiger partial charge on any atom is -0.496 e. The van der Waals surface area contributed by atoms with Crippen molar-refractivity contribution in [2.24, 2.45) is 5.92 Å². The van der Waals surface area contributed by atoms with Gasteiger partial charge < -0.3 is 10.1 Å². The maximum Gasteiger partial charge on any atom is 0.220 e. The third kappa shape index (κ3) is 4.55. The van der Waals surface area contributed by atoms with Crippen LogP contribution in [0.5, 0.6) is 5.75 Å². The number of carbonyl (C=O) groups is 1. The molecule has 1 amide bonds. The molecule has 0 aliphatic heterocycles. The topological polar surface area (TPSA) is 38.3 Å². The zero-order chi connectivity index (χ0) is 14.2. The minimum absolute atomic E-state index is 0.187. The second-order valence-corrected chi connectivity index (χ2v) is 5.60. The van der Waals surface area contributed by atoms with Crippen LogP contribution in [0.3, 0.4) is 0 Å². The van der Waals surface area contributed by atoms with Crippen LogP contribution in [0.1, 0.15) is 44.1 Å². The van der Waals surface area contributed by atoms with Crippen LogP contribution in [0.2, 0.25) is 0 Å². The second kappa shape index (κ2) is 7.93. The lowest BCUT2D eigenvalue weighted by atomic mass is 10.0. The first kappa shape index (κ1) is 14.9. The maximum atomic E-state index is 11.8. The van der Waals surface area contributed by atoms with Crippen LogP contribution in [-0.2, 0) is 11.2 Å². The fraction of sp³-hybridized carbons (Fsp3) is 0.588. The van der Waals surface area contributed by atoms with Crippen molar-refractivity contribution in [2.75, 3.05) is 13.7 Å². The summed E-state index contributed by atoms with van der Waals surface area (Å²) in [7, 11) is 1.68. The molecule has 1 fully saturated rings. The van der Waals surface area contributed by atoms with E-state index in [0.717, 1.165) is 30.1 Å². The molecule has 1 aliphatic carbocycles.